The molecule has 0 aliphatic carbocycles. The Morgan fingerprint density at radius 1 is 1.27 bits per heavy atom. The highest BCUT2D eigenvalue weighted by atomic mass is 35.5. The van der Waals surface area contributed by atoms with Gasteiger partial charge in [0.05, 0.1) is 5.92 Å². The van der Waals surface area contributed by atoms with Gasteiger partial charge in [-0.25, -0.2) is 0 Å². The van der Waals surface area contributed by atoms with E-state index in [4.69, 9.17) is 5.73 Å². The largest absolute Gasteiger partial charge is 0.329 e. The molecule has 1 aromatic carbocycles. The number of nitrogens with one attached hydrogen (secondary N) is 1. The molecule has 2 aromatic rings. The second-order valence-electron chi connectivity index (χ2n) is 5.29. The predicted molar refractivity (Wildman–Crippen MR) is 92.6 cm³/mol. The first kappa shape index (κ1) is 18.5. The van der Waals surface area contributed by atoms with Crippen molar-refractivity contribution in [2.45, 2.75) is 26.2 Å². The number of benzene rings is 1. The lowest BCUT2D eigenvalue weighted by Gasteiger charge is -2.13. The Morgan fingerprint density at radius 2 is 1.95 bits per heavy atom. The Balaban J connectivity index is 0.00000242. The van der Waals surface area contributed by atoms with E-state index in [-0.39, 0.29) is 30.8 Å². The number of halogens is 1. The van der Waals surface area contributed by atoms with Gasteiger partial charge in [0.15, 0.2) is 0 Å². The van der Waals surface area contributed by atoms with Gasteiger partial charge in [-0.2, -0.15) is 0 Å². The summed E-state index contributed by atoms with van der Waals surface area (Å²) in [5.74, 6) is 0.00204. The minimum absolute atomic E-state index is 0. The molecule has 0 bridgehead atoms. The quantitative estimate of drug-likeness (QED) is 0.847. The van der Waals surface area contributed by atoms with Gasteiger partial charge in [0, 0.05) is 13.0 Å². The molecule has 5 nitrogen and oxygen atoms in total. The monoisotopic (exact) mass is 340 g/mol. The molecule has 0 aliphatic rings. The number of aromatic nitrogens is 2. The maximum absolute atomic E-state index is 12.3. The summed E-state index contributed by atoms with van der Waals surface area (Å²) in [7, 11) is 0. The van der Waals surface area contributed by atoms with E-state index in [1.807, 2.05) is 30.3 Å². The van der Waals surface area contributed by atoms with Crippen LogP contribution < -0.4 is 11.1 Å². The second-order valence-corrected chi connectivity index (χ2v) is 6.35. The Morgan fingerprint density at radius 3 is 2.55 bits per heavy atom. The van der Waals surface area contributed by atoms with Crippen molar-refractivity contribution in [3.8, 4) is 0 Å². The first-order chi connectivity index (χ1) is 10.1. The molecule has 0 radical (unpaired) electrons. The Hall–Kier alpha value is -1.50. The van der Waals surface area contributed by atoms with Gasteiger partial charge in [-0.3, -0.25) is 10.1 Å². The lowest BCUT2D eigenvalue weighted by molar-refractivity contribution is -0.117. The van der Waals surface area contributed by atoms with Crippen LogP contribution in [0.2, 0.25) is 0 Å². The van der Waals surface area contributed by atoms with E-state index in [2.05, 4.69) is 29.4 Å². The number of carbonyl (C=O) groups is 1. The summed E-state index contributed by atoms with van der Waals surface area (Å²) in [4.78, 5) is 12.3. The first-order valence-electron chi connectivity index (χ1n) is 6.98. The molecule has 2 rings (SSSR count). The van der Waals surface area contributed by atoms with Gasteiger partial charge in [0.1, 0.15) is 5.01 Å². The fourth-order valence-corrected chi connectivity index (χ4v) is 2.96. The number of nitrogens with zero attached hydrogens (tertiary/aromatic N) is 2. The van der Waals surface area contributed by atoms with Crippen LogP contribution in [-0.2, 0) is 11.2 Å². The van der Waals surface area contributed by atoms with Gasteiger partial charge in [0.2, 0.25) is 11.0 Å². The average Bonchev–Trinajstić information content (AvgIpc) is 2.87. The van der Waals surface area contributed by atoms with E-state index < -0.39 is 0 Å². The third-order valence-corrected chi connectivity index (χ3v) is 3.89. The predicted octanol–water partition coefficient (Wildman–Crippen LogP) is 2.84. The Labute approximate surface area is 140 Å². The summed E-state index contributed by atoms with van der Waals surface area (Å²) in [5.41, 5.74) is 6.64. The topological polar surface area (TPSA) is 80.9 Å². The van der Waals surface area contributed by atoms with Crippen LogP contribution in [0.4, 0.5) is 5.13 Å². The van der Waals surface area contributed by atoms with Crippen LogP contribution in [-0.4, -0.2) is 22.6 Å². The molecule has 0 fully saturated rings. The zero-order valence-corrected chi connectivity index (χ0v) is 14.3. The number of anilines is 1. The zero-order valence-electron chi connectivity index (χ0n) is 12.7. The summed E-state index contributed by atoms with van der Waals surface area (Å²) in [5, 5.41) is 12.4. The number of hydrogen-bond donors (Lipinski definition) is 2. The van der Waals surface area contributed by atoms with Gasteiger partial charge in [-0.05, 0) is 11.5 Å². The van der Waals surface area contributed by atoms with Crippen molar-refractivity contribution in [2.75, 3.05) is 11.9 Å². The molecule has 0 saturated carbocycles. The maximum Gasteiger partial charge on any atom is 0.235 e. The Bertz CT molecular complexity index is 588. The van der Waals surface area contributed by atoms with E-state index in [9.17, 15) is 4.79 Å². The second kappa shape index (κ2) is 8.82. The van der Waals surface area contributed by atoms with Crippen LogP contribution >= 0.6 is 23.7 Å². The van der Waals surface area contributed by atoms with Crippen molar-refractivity contribution >= 4 is 34.8 Å². The lowest BCUT2D eigenvalue weighted by Crippen LogP contribution is -2.27. The van der Waals surface area contributed by atoms with Crippen LogP contribution in [0, 0.1) is 5.92 Å². The molecule has 1 unspecified atom stereocenters. The Kier molecular flexibility index (Phi) is 7.44. The molecule has 3 N–H and O–H groups in total. The number of nitrogens with two attached hydrogens (primary N) is 1. The van der Waals surface area contributed by atoms with Crippen molar-refractivity contribution in [3.05, 3.63) is 40.9 Å². The number of hydrogen-bond acceptors (Lipinski definition) is 5. The van der Waals surface area contributed by atoms with Crippen LogP contribution in [0.25, 0.3) is 0 Å². The van der Waals surface area contributed by atoms with Gasteiger partial charge >= 0.3 is 0 Å². The zero-order chi connectivity index (χ0) is 15.2. The third-order valence-electron chi connectivity index (χ3n) is 3.03. The molecule has 0 saturated heterocycles. The van der Waals surface area contributed by atoms with Crippen LogP contribution in [0.3, 0.4) is 0 Å². The highest BCUT2D eigenvalue weighted by Gasteiger charge is 2.20. The molecule has 1 aromatic heterocycles. The van der Waals surface area contributed by atoms with Crippen LogP contribution in [0.1, 0.15) is 30.3 Å². The number of rotatable bonds is 6. The fraction of sp³-hybridized carbons (Fsp3) is 0.400. The highest BCUT2D eigenvalue weighted by molar-refractivity contribution is 7.15. The molecule has 1 heterocycles. The van der Waals surface area contributed by atoms with E-state index in [1.54, 1.807) is 0 Å². The van der Waals surface area contributed by atoms with Crippen molar-refractivity contribution in [3.63, 3.8) is 0 Å². The molecule has 120 valence electrons. The van der Waals surface area contributed by atoms with E-state index >= 15 is 0 Å². The van der Waals surface area contributed by atoms with Gasteiger partial charge in [0.25, 0.3) is 0 Å². The van der Waals surface area contributed by atoms with Gasteiger partial charge in [-0.15, -0.1) is 22.6 Å². The molecule has 1 atom stereocenters. The first-order valence-corrected chi connectivity index (χ1v) is 7.80. The molecule has 7 heteroatoms. The lowest BCUT2D eigenvalue weighted by atomic mass is 9.99. The van der Waals surface area contributed by atoms with Crippen LogP contribution in [0.15, 0.2) is 30.3 Å². The number of carbonyl (C=O) groups excluding carboxylic acids is 1. The smallest absolute Gasteiger partial charge is 0.235 e. The summed E-state index contributed by atoms with van der Waals surface area (Å²) in [6.45, 7) is 4.51. The summed E-state index contributed by atoms with van der Waals surface area (Å²) >= 11 is 1.42. The number of amides is 1. The molecule has 0 aliphatic heterocycles. The minimum Gasteiger partial charge on any atom is -0.329 e. The molecule has 22 heavy (non-hydrogen) atoms. The van der Waals surface area contributed by atoms with E-state index in [1.165, 1.54) is 11.3 Å². The van der Waals surface area contributed by atoms with Gasteiger partial charge in [-0.1, -0.05) is 55.5 Å². The molecular weight excluding hydrogens is 320 g/mol. The summed E-state index contributed by atoms with van der Waals surface area (Å²) < 4.78 is 0. The highest BCUT2D eigenvalue weighted by Crippen LogP contribution is 2.21. The summed E-state index contributed by atoms with van der Waals surface area (Å²) in [6, 6.07) is 9.52. The standard InChI is InChI=1S/C15H20N4OS.ClH/c1-10(2)8-13-18-19-15(21-13)17-14(20)12(9-16)11-6-4-3-5-7-11;/h3-7,10,12H,8-9,16H2,1-2H3,(H,17,19,20);1H. The van der Waals surface area contributed by atoms with Crippen LogP contribution in [0.5, 0.6) is 0 Å². The van der Waals surface area contributed by atoms with Crippen molar-refractivity contribution < 1.29 is 4.79 Å². The van der Waals surface area contributed by atoms with Gasteiger partial charge < -0.3 is 5.73 Å². The average molecular weight is 341 g/mol. The van der Waals surface area contributed by atoms with Crippen molar-refractivity contribution in [2.24, 2.45) is 11.7 Å². The van der Waals surface area contributed by atoms with E-state index in [0.29, 0.717) is 11.0 Å². The fourth-order valence-electron chi connectivity index (χ4n) is 2.01. The molecule has 0 spiro atoms. The SMILES string of the molecule is CC(C)Cc1nnc(NC(=O)C(CN)c2ccccc2)s1.Cl. The van der Waals surface area contributed by atoms with E-state index in [0.717, 1.165) is 17.0 Å². The van der Waals surface area contributed by atoms with Crippen molar-refractivity contribution in [1.82, 2.24) is 10.2 Å². The third kappa shape index (κ3) is 5.05. The van der Waals surface area contributed by atoms with Crippen molar-refractivity contribution in [1.29, 1.82) is 0 Å². The molecule has 1 amide bonds. The maximum atomic E-state index is 12.3. The normalized spacial score (nSPS) is 11.8. The molecular formula is C15H21ClN4OS. The minimum atomic E-state index is -0.372. The summed E-state index contributed by atoms with van der Waals surface area (Å²) in [6.07, 6.45) is 0.868.